The number of rotatable bonds is 5. The maximum atomic E-state index is 9.46. The molecule has 114 valence electrons. The smallest absolute Gasteiger partial charge is 0.120 e. The Morgan fingerprint density at radius 1 is 1.24 bits per heavy atom. The number of hydrogen-bond acceptors (Lipinski definition) is 5. The Balaban J connectivity index is 1.78. The molecular weight excluding hydrogens is 270 g/mol. The van der Waals surface area contributed by atoms with E-state index in [2.05, 4.69) is 11.8 Å². The van der Waals surface area contributed by atoms with E-state index in [4.69, 9.17) is 9.84 Å². The topological polar surface area (TPSA) is 73.2 Å². The fraction of sp³-hybridized carbons (Fsp3) is 0.500. The second kappa shape index (κ2) is 8.01. The van der Waals surface area contributed by atoms with Crippen molar-refractivity contribution < 1.29 is 20.1 Å². The van der Waals surface area contributed by atoms with Crippen molar-refractivity contribution in [3.05, 3.63) is 29.8 Å². The first-order valence-corrected chi connectivity index (χ1v) is 7.10. The van der Waals surface area contributed by atoms with E-state index in [1.165, 1.54) is 0 Å². The molecule has 1 fully saturated rings. The normalized spacial score (nSPS) is 21.9. The molecule has 2 unspecified atom stereocenters. The fourth-order valence-corrected chi connectivity index (χ4v) is 2.21. The Kier molecular flexibility index (Phi) is 6.03. The van der Waals surface area contributed by atoms with Crippen LogP contribution in [0.1, 0.15) is 12.0 Å². The third-order valence-corrected chi connectivity index (χ3v) is 3.31. The summed E-state index contributed by atoms with van der Waals surface area (Å²) in [6.45, 7) is 2.19. The van der Waals surface area contributed by atoms with Gasteiger partial charge < -0.3 is 20.1 Å². The summed E-state index contributed by atoms with van der Waals surface area (Å²) in [6.07, 6.45) is -0.852. The number of benzene rings is 1. The highest BCUT2D eigenvalue weighted by atomic mass is 16.5. The summed E-state index contributed by atoms with van der Waals surface area (Å²) in [6, 6.07) is 7.50. The monoisotopic (exact) mass is 291 g/mol. The van der Waals surface area contributed by atoms with Crippen molar-refractivity contribution in [3.8, 4) is 17.6 Å². The van der Waals surface area contributed by atoms with Gasteiger partial charge in [0.15, 0.2) is 0 Å². The molecule has 0 radical (unpaired) electrons. The zero-order chi connectivity index (χ0) is 15.1. The van der Waals surface area contributed by atoms with E-state index in [-0.39, 0.29) is 6.61 Å². The lowest BCUT2D eigenvalue weighted by atomic mass is 10.2. The molecule has 2 rings (SSSR count). The first kappa shape index (κ1) is 15.8. The molecular formula is C16H21NO4. The highest BCUT2D eigenvalue weighted by molar-refractivity contribution is 5.39. The van der Waals surface area contributed by atoms with Gasteiger partial charge in [-0.1, -0.05) is 17.9 Å². The molecule has 1 heterocycles. The number of likely N-dealkylation sites (tertiary alicyclic amines) is 1. The molecule has 0 amide bonds. The molecule has 0 aromatic heterocycles. The maximum Gasteiger partial charge on any atom is 0.120 e. The second-order valence-corrected chi connectivity index (χ2v) is 5.05. The molecule has 3 N–H and O–H groups in total. The van der Waals surface area contributed by atoms with Gasteiger partial charge in [-0.15, -0.1) is 0 Å². The van der Waals surface area contributed by atoms with Gasteiger partial charge in [0.05, 0.1) is 18.8 Å². The predicted octanol–water partition coefficient (Wildman–Crippen LogP) is -0.163. The molecule has 0 spiro atoms. The molecule has 0 saturated carbocycles. The summed E-state index contributed by atoms with van der Waals surface area (Å²) in [5.74, 6) is 6.57. The molecule has 1 aromatic carbocycles. The van der Waals surface area contributed by atoms with Crippen LogP contribution in [0.2, 0.25) is 0 Å². The molecule has 5 nitrogen and oxygen atoms in total. The van der Waals surface area contributed by atoms with Gasteiger partial charge in [0.25, 0.3) is 0 Å². The van der Waals surface area contributed by atoms with Crippen molar-refractivity contribution in [1.29, 1.82) is 0 Å². The van der Waals surface area contributed by atoms with Crippen molar-refractivity contribution in [2.75, 3.05) is 32.8 Å². The highest BCUT2D eigenvalue weighted by Gasteiger charge is 2.28. The summed E-state index contributed by atoms with van der Waals surface area (Å²) < 4.78 is 5.66. The molecule has 21 heavy (non-hydrogen) atoms. The number of aliphatic hydroxyl groups is 3. The lowest BCUT2D eigenvalue weighted by Gasteiger charge is -2.15. The van der Waals surface area contributed by atoms with Crippen LogP contribution in [0.25, 0.3) is 0 Å². The third kappa shape index (κ3) is 5.03. The molecule has 1 saturated heterocycles. The van der Waals surface area contributed by atoms with Gasteiger partial charge in [-0.05, 0) is 18.2 Å². The predicted molar refractivity (Wildman–Crippen MR) is 79.0 cm³/mol. The maximum absolute atomic E-state index is 9.46. The summed E-state index contributed by atoms with van der Waals surface area (Å²) in [7, 11) is 0. The molecule has 1 aliphatic rings. The average molecular weight is 291 g/mol. The van der Waals surface area contributed by atoms with Crippen LogP contribution >= 0.6 is 0 Å². The van der Waals surface area contributed by atoms with Crippen molar-refractivity contribution in [2.45, 2.75) is 18.6 Å². The van der Waals surface area contributed by atoms with E-state index in [1.54, 1.807) is 0 Å². The number of nitrogens with zero attached hydrogens (tertiary/aromatic N) is 1. The molecule has 0 bridgehead atoms. The zero-order valence-corrected chi connectivity index (χ0v) is 11.9. The first-order chi connectivity index (χ1) is 10.2. The van der Waals surface area contributed by atoms with Gasteiger partial charge in [0.1, 0.15) is 12.4 Å². The van der Waals surface area contributed by atoms with E-state index in [9.17, 15) is 10.2 Å². The van der Waals surface area contributed by atoms with E-state index >= 15 is 0 Å². The van der Waals surface area contributed by atoms with Crippen LogP contribution in [0.3, 0.4) is 0 Å². The number of aliphatic hydroxyl groups excluding tert-OH is 3. The van der Waals surface area contributed by atoms with Gasteiger partial charge in [-0.25, -0.2) is 0 Å². The molecule has 2 atom stereocenters. The average Bonchev–Trinajstić information content (AvgIpc) is 2.78. The second-order valence-electron chi connectivity index (χ2n) is 5.05. The molecule has 5 heteroatoms. The van der Waals surface area contributed by atoms with Gasteiger partial charge in [0.2, 0.25) is 0 Å². The van der Waals surface area contributed by atoms with E-state index in [0.29, 0.717) is 32.7 Å². The van der Waals surface area contributed by atoms with Crippen LogP contribution in [0, 0.1) is 11.8 Å². The van der Waals surface area contributed by atoms with Crippen LogP contribution in [-0.4, -0.2) is 65.3 Å². The summed E-state index contributed by atoms with van der Waals surface area (Å²) >= 11 is 0. The summed E-state index contributed by atoms with van der Waals surface area (Å²) in [5.41, 5.74) is 0.855. The molecule has 1 aromatic rings. The summed E-state index contributed by atoms with van der Waals surface area (Å²) in [5, 5.41) is 27.6. The van der Waals surface area contributed by atoms with Crippen LogP contribution < -0.4 is 4.74 Å². The Morgan fingerprint density at radius 3 is 2.71 bits per heavy atom. The lowest BCUT2D eigenvalue weighted by Crippen LogP contribution is -2.27. The minimum absolute atomic E-state index is 0.0662. The summed E-state index contributed by atoms with van der Waals surface area (Å²) in [4.78, 5) is 1.97. The van der Waals surface area contributed by atoms with Gasteiger partial charge >= 0.3 is 0 Å². The van der Waals surface area contributed by atoms with Gasteiger partial charge in [0, 0.05) is 31.6 Å². The fourth-order valence-electron chi connectivity index (χ4n) is 2.21. The Hall–Kier alpha value is -1.58. The SMILES string of the molecule is OCCC#Cc1cccc(OCCN2CC(O)C(O)C2)c1. The standard InChI is InChI=1S/C16H21NO4/c18-8-2-1-4-13-5-3-6-14(10-13)21-9-7-17-11-15(19)16(20)12-17/h3,5-6,10,15-16,18-20H,2,7-9,11-12H2. The van der Waals surface area contributed by atoms with Crippen LogP contribution in [0.5, 0.6) is 5.75 Å². The largest absolute Gasteiger partial charge is 0.492 e. The van der Waals surface area contributed by atoms with Crippen LogP contribution in [0.15, 0.2) is 24.3 Å². The van der Waals surface area contributed by atoms with E-state index in [0.717, 1.165) is 11.3 Å². The molecule has 1 aliphatic heterocycles. The van der Waals surface area contributed by atoms with Crippen molar-refractivity contribution >= 4 is 0 Å². The zero-order valence-electron chi connectivity index (χ0n) is 11.9. The lowest BCUT2D eigenvalue weighted by molar-refractivity contribution is 0.0572. The quantitative estimate of drug-likeness (QED) is 0.657. The minimum Gasteiger partial charge on any atom is -0.492 e. The minimum atomic E-state index is -0.657. The van der Waals surface area contributed by atoms with E-state index < -0.39 is 12.2 Å². The Labute approximate surface area is 124 Å². The third-order valence-electron chi connectivity index (χ3n) is 3.31. The van der Waals surface area contributed by atoms with E-state index in [1.807, 2.05) is 29.2 Å². The van der Waals surface area contributed by atoms with Crippen molar-refractivity contribution in [1.82, 2.24) is 4.90 Å². The van der Waals surface area contributed by atoms with Crippen LogP contribution in [-0.2, 0) is 0 Å². The van der Waals surface area contributed by atoms with Gasteiger partial charge in [-0.3, -0.25) is 4.90 Å². The Bertz CT molecular complexity index is 498. The van der Waals surface area contributed by atoms with Crippen molar-refractivity contribution in [2.24, 2.45) is 0 Å². The van der Waals surface area contributed by atoms with Gasteiger partial charge in [-0.2, -0.15) is 0 Å². The number of ether oxygens (including phenoxy) is 1. The Morgan fingerprint density at radius 2 is 2.00 bits per heavy atom. The number of hydrogen-bond donors (Lipinski definition) is 3. The van der Waals surface area contributed by atoms with Crippen LogP contribution in [0.4, 0.5) is 0 Å². The first-order valence-electron chi connectivity index (χ1n) is 7.10. The van der Waals surface area contributed by atoms with Crippen molar-refractivity contribution in [3.63, 3.8) is 0 Å². The highest BCUT2D eigenvalue weighted by Crippen LogP contribution is 2.14. The molecule has 0 aliphatic carbocycles. The number of β-amino-alcohol motifs (C(OH)–C–C–N with tert-alkyl or cyclic N) is 2.